The molecule has 26 heavy (non-hydrogen) atoms. The van der Waals surface area contributed by atoms with Crippen molar-refractivity contribution in [3.8, 4) is 0 Å². The predicted molar refractivity (Wildman–Crippen MR) is 101 cm³/mol. The van der Waals surface area contributed by atoms with Crippen molar-refractivity contribution in [2.24, 2.45) is 0 Å². The van der Waals surface area contributed by atoms with Gasteiger partial charge in [-0.1, -0.05) is 12.8 Å². The third kappa shape index (κ3) is 5.30. The summed E-state index contributed by atoms with van der Waals surface area (Å²) >= 11 is 0. The van der Waals surface area contributed by atoms with Crippen molar-refractivity contribution in [1.29, 1.82) is 0 Å². The van der Waals surface area contributed by atoms with Gasteiger partial charge in [0.25, 0.3) is 5.91 Å². The number of amides is 2. The highest BCUT2D eigenvalue weighted by Crippen LogP contribution is 2.16. The quantitative estimate of drug-likeness (QED) is 0.821. The first-order chi connectivity index (χ1) is 12.3. The maximum atomic E-state index is 12.2. The molecule has 1 N–H and O–H groups in total. The van der Waals surface area contributed by atoms with Crippen LogP contribution in [0.2, 0.25) is 0 Å². The van der Waals surface area contributed by atoms with Gasteiger partial charge in [-0.3, -0.25) is 9.59 Å². The molecule has 2 amide bonds. The second-order valence-corrected chi connectivity index (χ2v) is 9.42. The monoisotopic (exact) mass is 380 g/mol. The van der Waals surface area contributed by atoms with Crippen molar-refractivity contribution in [1.82, 2.24) is 10.2 Å². The Labute approximate surface area is 155 Å². The molecule has 1 heterocycles. The Hall–Kier alpha value is -1.89. The molecule has 0 unspecified atom stereocenters. The van der Waals surface area contributed by atoms with E-state index in [1.54, 1.807) is 13.8 Å². The summed E-state index contributed by atoms with van der Waals surface area (Å²) in [6.45, 7) is 5.13. The molecule has 0 saturated carbocycles. The lowest BCUT2D eigenvalue weighted by Crippen LogP contribution is -2.35. The average molecular weight is 381 g/mol. The molecule has 144 valence electrons. The third-order valence-electron chi connectivity index (χ3n) is 4.65. The minimum atomic E-state index is -3.34. The van der Waals surface area contributed by atoms with Crippen LogP contribution in [0.4, 0.5) is 0 Å². The van der Waals surface area contributed by atoms with Crippen molar-refractivity contribution in [3.63, 3.8) is 0 Å². The molecule has 1 saturated heterocycles. The maximum absolute atomic E-state index is 12.2. The van der Waals surface area contributed by atoms with Crippen LogP contribution in [0.25, 0.3) is 0 Å². The van der Waals surface area contributed by atoms with Gasteiger partial charge in [0.1, 0.15) is 0 Å². The maximum Gasteiger partial charge on any atom is 0.251 e. The Kier molecular flexibility index (Phi) is 7.20. The van der Waals surface area contributed by atoms with E-state index in [-0.39, 0.29) is 29.7 Å². The van der Waals surface area contributed by atoms with Gasteiger partial charge >= 0.3 is 0 Å². The van der Waals surface area contributed by atoms with Crippen LogP contribution >= 0.6 is 0 Å². The van der Waals surface area contributed by atoms with Crippen molar-refractivity contribution in [2.45, 2.75) is 56.1 Å². The van der Waals surface area contributed by atoms with E-state index in [4.69, 9.17) is 0 Å². The van der Waals surface area contributed by atoms with Crippen molar-refractivity contribution < 1.29 is 18.0 Å². The fourth-order valence-electron chi connectivity index (χ4n) is 2.93. The first-order valence-electron chi connectivity index (χ1n) is 9.22. The fourth-order valence-corrected chi connectivity index (χ4v) is 3.99. The molecule has 1 aliphatic heterocycles. The number of benzene rings is 1. The minimum absolute atomic E-state index is 0.0746. The molecular formula is C19H28N2O4S. The summed E-state index contributed by atoms with van der Waals surface area (Å²) in [5.41, 5.74) is 0.384. The van der Waals surface area contributed by atoms with Crippen LogP contribution < -0.4 is 5.32 Å². The largest absolute Gasteiger partial charge is 0.352 e. The summed E-state index contributed by atoms with van der Waals surface area (Å²) in [7, 11) is -3.34. The highest BCUT2D eigenvalue weighted by atomic mass is 32.2. The van der Waals surface area contributed by atoms with E-state index in [1.165, 1.54) is 37.1 Å². The van der Waals surface area contributed by atoms with Gasteiger partial charge in [0.05, 0.1) is 10.1 Å². The van der Waals surface area contributed by atoms with Crippen LogP contribution in [0, 0.1) is 0 Å². The van der Waals surface area contributed by atoms with E-state index >= 15 is 0 Å². The Morgan fingerprint density at radius 3 is 2.15 bits per heavy atom. The van der Waals surface area contributed by atoms with Gasteiger partial charge < -0.3 is 10.2 Å². The SMILES string of the molecule is CC(C)S(=O)(=O)c1ccc(C(=O)NCCC(=O)N2CCCCCC2)cc1. The predicted octanol–water partition coefficient (Wildman–Crippen LogP) is 2.39. The second kappa shape index (κ2) is 9.16. The normalized spacial score (nSPS) is 15.6. The molecule has 1 aliphatic rings. The smallest absolute Gasteiger partial charge is 0.251 e. The molecule has 0 atom stereocenters. The number of carbonyl (C=O) groups is 2. The summed E-state index contributed by atoms with van der Waals surface area (Å²) in [4.78, 5) is 26.5. The van der Waals surface area contributed by atoms with Crippen molar-refractivity contribution in [2.75, 3.05) is 19.6 Å². The zero-order chi connectivity index (χ0) is 19.2. The van der Waals surface area contributed by atoms with Gasteiger partial charge in [-0.2, -0.15) is 0 Å². The van der Waals surface area contributed by atoms with Gasteiger partial charge in [-0.05, 0) is 51.0 Å². The zero-order valence-corrected chi connectivity index (χ0v) is 16.3. The van der Waals surface area contributed by atoms with E-state index in [2.05, 4.69) is 5.32 Å². The van der Waals surface area contributed by atoms with Crippen LogP contribution in [0.15, 0.2) is 29.2 Å². The Morgan fingerprint density at radius 1 is 1.04 bits per heavy atom. The number of hydrogen-bond acceptors (Lipinski definition) is 4. The summed E-state index contributed by atoms with van der Waals surface area (Å²) < 4.78 is 24.2. The highest BCUT2D eigenvalue weighted by Gasteiger charge is 2.19. The number of nitrogens with zero attached hydrogens (tertiary/aromatic N) is 1. The van der Waals surface area contributed by atoms with Crippen LogP contribution in [-0.4, -0.2) is 50.0 Å². The lowest BCUT2D eigenvalue weighted by Gasteiger charge is -2.20. The van der Waals surface area contributed by atoms with Crippen LogP contribution in [0.5, 0.6) is 0 Å². The molecule has 1 fully saturated rings. The van der Waals surface area contributed by atoms with Gasteiger partial charge in [0.2, 0.25) is 5.91 Å². The topological polar surface area (TPSA) is 83.5 Å². The zero-order valence-electron chi connectivity index (χ0n) is 15.5. The highest BCUT2D eigenvalue weighted by molar-refractivity contribution is 7.92. The molecule has 1 aromatic carbocycles. The number of hydrogen-bond donors (Lipinski definition) is 1. The van der Waals surface area contributed by atoms with Gasteiger partial charge in [-0.25, -0.2) is 8.42 Å². The van der Waals surface area contributed by atoms with Crippen LogP contribution in [-0.2, 0) is 14.6 Å². The van der Waals surface area contributed by atoms with E-state index in [9.17, 15) is 18.0 Å². The molecule has 0 radical (unpaired) electrons. The third-order valence-corrected chi connectivity index (χ3v) is 6.82. The van der Waals surface area contributed by atoms with E-state index < -0.39 is 15.1 Å². The summed E-state index contributed by atoms with van der Waals surface area (Å²) in [6.07, 6.45) is 4.71. The molecule has 7 heteroatoms. The van der Waals surface area contributed by atoms with Gasteiger partial charge in [-0.15, -0.1) is 0 Å². The number of nitrogens with one attached hydrogen (secondary N) is 1. The number of sulfone groups is 1. The molecule has 0 aliphatic carbocycles. The van der Waals surface area contributed by atoms with Crippen molar-refractivity contribution in [3.05, 3.63) is 29.8 Å². The molecule has 0 bridgehead atoms. The number of carbonyl (C=O) groups excluding carboxylic acids is 2. The fraction of sp³-hybridized carbons (Fsp3) is 0.579. The molecule has 6 nitrogen and oxygen atoms in total. The van der Waals surface area contributed by atoms with E-state index in [0.717, 1.165) is 25.9 Å². The molecular weight excluding hydrogens is 352 g/mol. The summed E-state index contributed by atoms with van der Waals surface area (Å²) in [6, 6.07) is 5.90. The first kappa shape index (κ1) is 20.4. The minimum Gasteiger partial charge on any atom is -0.352 e. The number of likely N-dealkylation sites (tertiary alicyclic amines) is 1. The van der Waals surface area contributed by atoms with Crippen LogP contribution in [0.1, 0.15) is 56.3 Å². The average Bonchev–Trinajstić information content (AvgIpc) is 2.91. The molecule has 1 aromatic rings. The molecule has 2 rings (SSSR count). The van der Waals surface area contributed by atoms with Crippen molar-refractivity contribution >= 4 is 21.7 Å². The first-order valence-corrected chi connectivity index (χ1v) is 10.8. The Balaban J connectivity index is 1.85. The second-order valence-electron chi connectivity index (χ2n) is 6.92. The lowest BCUT2D eigenvalue weighted by molar-refractivity contribution is -0.131. The Bertz CT molecular complexity index is 718. The standard InChI is InChI=1S/C19H28N2O4S/c1-15(2)26(24,25)17-9-7-16(8-10-17)19(23)20-12-11-18(22)21-13-5-3-4-6-14-21/h7-10,15H,3-6,11-14H2,1-2H3,(H,20,23). The summed E-state index contributed by atoms with van der Waals surface area (Å²) in [5.74, 6) is -0.229. The Morgan fingerprint density at radius 2 is 1.62 bits per heavy atom. The van der Waals surface area contributed by atoms with Gasteiger partial charge in [0, 0.05) is 31.6 Å². The van der Waals surface area contributed by atoms with Crippen LogP contribution in [0.3, 0.4) is 0 Å². The summed E-state index contributed by atoms with van der Waals surface area (Å²) in [5, 5.41) is 2.22. The van der Waals surface area contributed by atoms with E-state index in [0.29, 0.717) is 5.56 Å². The lowest BCUT2D eigenvalue weighted by atomic mass is 10.2. The molecule has 0 aromatic heterocycles. The van der Waals surface area contributed by atoms with Gasteiger partial charge in [0.15, 0.2) is 9.84 Å². The van der Waals surface area contributed by atoms with E-state index in [1.807, 2.05) is 4.90 Å². The number of rotatable bonds is 6. The molecule has 0 spiro atoms.